The quantitative estimate of drug-likeness (QED) is 0.720. The van der Waals surface area contributed by atoms with Gasteiger partial charge in [0.25, 0.3) is 11.8 Å². The SMILES string of the molecule is O=C(C=CCNC(=O)c1ccccc1)C=CCNC(=O)c1ccccc1. The standard InChI is InChI=1S/C21H20N2O3/c24-19(13-7-15-22-20(25)17-9-3-1-4-10-17)14-8-16-23-21(26)18-11-5-2-6-12-18/h1-14H,15-16H2,(H,22,25)(H,23,26). The molecule has 0 saturated carbocycles. The van der Waals surface area contributed by atoms with E-state index in [4.69, 9.17) is 0 Å². The van der Waals surface area contributed by atoms with Crippen molar-refractivity contribution in [3.05, 3.63) is 96.1 Å². The molecule has 2 rings (SSSR count). The predicted octanol–water partition coefficient (Wildman–Crippen LogP) is 2.53. The lowest BCUT2D eigenvalue weighted by Gasteiger charge is -2.01. The van der Waals surface area contributed by atoms with Crippen LogP contribution in [0.25, 0.3) is 0 Å². The summed E-state index contributed by atoms with van der Waals surface area (Å²) in [5.74, 6) is -0.600. The summed E-state index contributed by atoms with van der Waals surface area (Å²) < 4.78 is 0. The molecular formula is C21H20N2O3. The number of amides is 2. The number of carbonyl (C=O) groups is 3. The van der Waals surface area contributed by atoms with Crippen LogP contribution < -0.4 is 10.6 Å². The Morgan fingerprint density at radius 2 is 1.04 bits per heavy atom. The Morgan fingerprint density at radius 3 is 1.42 bits per heavy atom. The first-order valence-corrected chi connectivity index (χ1v) is 8.20. The van der Waals surface area contributed by atoms with E-state index in [1.807, 2.05) is 12.1 Å². The van der Waals surface area contributed by atoms with Crippen LogP contribution in [0.15, 0.2) is 85.0 Å². The molecule has 0 radical (unpaired) electrons. The Morgan fingerprint density at radius 1 is 0.654 bits per heavy atom. The summed E-state index contributed by atoms with van der Waals surface area (Å²) in [5.41, 5.74) is 1.14. The molecule has 26 heavy (non-hydrogen) atoms. The molecule has 0 saturated heterocycles. The smallest absolute Gasteiger partial charge is 0.251 e. The Balaban J connectivity index is 1.66. The minimum atomic E-state index is -0.215. The van der Waals surface area contributed by atoms with Gasteiger partial charge in [-0.05, 0) is 36.4 Å². The van der Waals surface area contributed by atoms with Crippen molar-refractivity contribution in [2.24, 2.45) is 0 Å². The van der Waals surface area contributed by atoms with Crippen LogP contribution in [0.1, 0.15) is 20.7 Å². The minimum Gasteiger partial charge on any atom is -0.349 e. The van der Waals surface area contributed by atoms with Gasteiger partial charge in [0.05, 0.1) is 0 Å². The van der Waals surface area contributed by atoms with Crippen LogP contribution in [0.2, 0.25) is 0 Å². The summed E-state index contributed by atoms with van der Waals surface area (Å²) in [6.07, 6.45) is 5.91. The van der Waals surface area contributed by atoms with Gasteiger partial charge in [-0.25, -0.2) is 0 Å². The Bertz CT molecular complexity index is 729. The highest BCUT2D eigenvalue weighted by Gasteiger charge is 2.02. The van der Waals surface area contributed by atoms with E-state index < -0.39 is 0 Å². The van der Waals surface area contributed by atoms with Crippen LogP contribution in [0.4, 0.5) is 0 Å². The Labute approximate surface area is 152 Å². The highest BCUT2D eigenvalue weighted by molar-refractivity contribution is 5.99. The molecule has 2 aromatic rings. The molecule has 0 fully saturated rings. The lowest BCUT2D eigenvalue weighted by Crippen LogP contribution is -2.23. The Hall–Kier alpha value is -3.47. The molecule has 5 heteroatoms. The van der Waals surface area contributed by atoms with E-state index in [0.29, 0.717) is 11.1 Å². The second kappa shape index (κ2) is 10.4. The lowest BCUT2D eigenvalue weighted by atomic mass is 10.2. The van der Waals surface area contributed by atoms with Gasteiger partial charge in [0.2, 0.25) is 0 Å². The van der Waals surface area contributed by atoms with E-state index in [0.717, 1.165) is 0 Å². The average Bonchev–Trinajstić information content (AvgIpc) is 2.69. The normalized spacial score (nSPS) is 10.8. The molecule has 132 valence electrons. The van der Waals surface area contributed by atoms with E-state index in [9.17, 15) is 14.4 Å². The first kappa shape index (κ1) is 18.9. The summed E-state index contributed by atoms with van der Waals surface area (Å²) >= 11 is 0. The predicted molar refractivity (Wildman–Crippen MR) is 101 cm³/mol. The van der Waals surface area contributed by atoms with Crippen molar-refractivity contribution in [1.82, 2.24) is 10.6 Å². The zero-order valence-electron chi connectivity index (χ0n) is 14.2. The monoisotopic (exact) mass is 348 g/mol. The minimum absolute atomic E-state index is 0.193. The number of hydrogen-bond donors (Lipinski definition) is 2. The average molecular weight is 348 g/mol. The van der Waals surface area contributed by atoms with Gasteiger partial charge in [0, 0.05) is 24.2 Å². The molecule has 0 unspecified atom stereocenters. The molecule has 0 aliphatic rings. The van der Waals surface area contributed by atoms with Gasteiger partial charge in [-0.1, -0.05) is 48.6 Å². The van der Waals surface area contributed by atoms with Crippen LogP contribution in [0.3, 0.4) is 0 Å². The van der Waals surface area contributed by atoms with Crippen LogP contribution >= 0.6 is 0 Å². The fraction of sp³-hybridized carbons (Fsp3) is 0.0952. The number of benzene rings is 2. The van der Waals surface area contributed by atoms with Crippen molar-refractivity contribution in [1.29, 1.82) is 0 Å². The van der Waals surface area contributed by atoms with Crippen molar-refractivity contribution in [2.45, 2.75) is 0 Å². The number of carbonyl (C=O) groups excluding carboxylic acids is 3. The largest absolute Gasteiger partial charge is 0.349 e. The zero-order valence-corrected chi connectivity index (χ0v) is 14.2. The molecule has 0 spiro atoms. The molecule has 0 aromatic heterocycles. The third kappa shape index (κ3) is 6.57. The van der Waals surface area contributed by atoms with E-state index in [-0.39, 0.29) is 30.7 Å². The van der Waals surface area contributed by atoms with Crippen molar-refractivity contribution >= 4 is 17.6 Å². The third-order valence-electron chi connectivity index (χ3n) is 3.40. The maximum Gasteiger partial charge on any atom is 0.251 e. The van der Waals surface area contributed by atoms with Gasteiger partial charge in [0.1, 0.15) is 0 Å². The maximum absolute atomic E-state index is 11.8. The number of ketones is 1. The molecule has 5 nitrogen and oxygen atoms in total. The molecule has 2 N–H and O–H groups in total. The van der Waals surface area contributed by atoms with Crippen molar-refractivity contribution < 1.29 is 14.4 Å². The van der Waals surface area contributed by atoms with Gasteiger partial charge in [-0.3, -0.25) is 14.4 Å². The Kier molecular flexibility index (Phi) is 7.55. The first-order valence-electron chi connectivity index (χ1n) is 8.20. The molecule has 0 aliphatic heterocycles. The van der Waals surface area contributed by atoms with Gasteiger partial charge in [-0.2, -0.15) is 0 Å². The third-order valence-corrected chi connectivity index (χ3v) is 3.40. The lowest BCUT2D eigenvalue weighted by molar-refractivity contribution is -0.110. The first-order chi connectivity index (χ1) is 12.7. The summed E-state index contributed by atoms with van der Waals surface area (Å²) in [4.78, 5) is 35.3. The van der Waals surface area contributed by atoms with Crippen LogP contribution in [0.5, 0.6) is 0 Å². The summed E-state index contributed by atoms with van der Waals surface area (Å²) in [5, 5.41) is 5.39. The van der Waals surface area contributed by atoms with Crippen molar-refractivity contribution in [3.8, 4) is 0 Å². The van der Waals surface area contributed by atoms with Gasteiger partial charge in [0.15, 0.2) is 5.78 Å². The second-order valence-corrected chi connectivity index (χ2v) is 5.36. The molecule has 0 atom stereocenters. The zero-order chi connectivity index (χ0) is 18.6. The van der Waals surface area contributed by atoms with Gasteiger partial charge < -0.3 is 10.6 Å². The van der Waals surface area contributed by atoms with Gasteiger partial charge >= 0.3 is 0 Å². The summed E-state index contributed by atoms with van der Waals surface area (Å²) in [6, 6.07) is 17.7. The number of nitrogens with one attached hydrogen (secondary N) is 2. The fourth-order valence-electron chi connectivity index (χ4n) is 2.09. The van der Waals surface area contributed by atoms with Crippen molar-refractivity contribution in [2.75, 3.05) is 13.1 Å². The molecule has 0 aliphatic carbocycles. The molecular weight excluding hydrogens is 328 g/mol. The highest BCUT2D eigenvalue weighted by Crippen LogP contribution is 1.98. The van der Waals surface area contributed by atoms with Crippen LogP contribution in [-0.4, -0.2) is 30.7 Å². The molecule has 2 amide bonds. The van der Waals surface area contributed by atoms with Crippen LogP contribution in [0, 0.1) is 0 Å². The van der Waals surface area contributed by atoms with E-state index in [2.05, 4.69) is 10.6 Å². The fourth-order valence-corrected chi connectivity index (χ4v) is 2.09. The van der Waals surface area contributed by atoms with Crippen LogP contribution in [-0.2, 0) is 4.79 Å². The summed E-state index contributed by atoms with van der Waals surface area (Å²) in [6.45, 7) is 0.524. The van der Waals surface area contributed by atoms with E-state index in [1.165, 1.54) is 12.2 Å². The van der Waals surface area contributed by atoms with E-state index in [1.54, 1.807) is 60.7 Å². The number of rotatable bonds is 8. The van der Waals surface area contributed by atoms with E-state index >= 15 is 0 Å². The summed E-state index contributed by atoms with van der Waals surface area (Å²) in [7, 11) is 0. The highest BCUT2D eigenvalue weighted by atomic mass is 16.2. The molecule has 2 aromatic carbocycles. The molecule has 0 bridgehead atoms. The van der Waals surface area contributed by atoms with Crippen molar-refractivity contribution in [3.63, 3.8) is 0 Å². The number of allylic oxidation sites excluding steroid dienone is 2. The number of hydrogen-bond acceptors (Lipinski definition) is 3. The topological polar surface area (TPSA) is 75.3 Å². The second-order valence-electron chi connectivity index (χ2n) is 5.36. The van der Waals surface area contributed by atoms with Gasteiger partial charge in [-0.15, -0.1) is 0 Å². The molecule has 0 heterocycles. The maximum atomic E-state index is 11.8.